The number of alkyl halides is 2. The minimum Gasteiger partial charge on any atom is -0.494 e. The molecular formula is C21H19F3O2. The largest absolute Gasteiger partial charge is 0.494 e. The maximum Gasteiger partial charge on any atom is 0.426 e. The summed E-state index contributed by atoms with van der Waals surface area (Å²) in [5.41, 5.74) is 0.778. The number of hydrogen-bond acceptors (Lipinski definition) is 2. The molecule has 0 bridgehead atoms. The molecule has 3 rings (SSSR count). The molecule has 5 heteroatoms. The number of aryl methyl sites for hydroxylation is 1. The molecule has 0 fully saturated rings. The van der Waals surface area contributed by atoms with Crippen molar-refractivity contribution < 1.29 is 22.6 Å². The van der Waals surface area contributed by atoms with E-state index in [1.807, 2.05) is 6.92 Å². The molecule has 0 radical (unpaired) electrons. The highest BCUT2D eigenvalue weighted by Crippen LogP contribution is 2.34. The first-order valence-electron chi connectivity index (χ1n) is 8.36. The SMILES string of the molecule is CCCc1ccc(C(F)(F)Oc2ccc3cc(OC)c(F)cc3c2)cc1. The average Bonchev–Trinajstić information content (AvgIpc) is 2.61. The second-order valence-corrected chi connectivity index (χ2v) is 6.06. The second kappa shape index (κ2) is 7.28. The summed E-state index contributed by atoms with van der Waals surface area (Å²) < 4.78 is 52.6. The van der Waals surface area contributed by atoms with Crippen LogP contribution >= 0.6 is 0 Å². The first-order valence-corrected chi connectivity index (χ1v) is 8.36. The smallest absolute Gasteiger partial charge is 0.426 e. The Bertz CT molecular complexity index is 905. The van der Waals surface area contributed by atoms with Crippen molar-refractivity contribution in [1.29, 1.82) is 0 Å². The molecule has 0 atom stereocenters. The van der Waals surface area contributed by atoms with Gasteiger partial charge in [-0.25, -0.2) is 4.39 Å². The van der Waals surface area contributed by atoms with Crippen LogP contribution in [0.5, 0.6) is 11.5 Å². The summed E-state index contributed by atoms with van der Waals surface area (Å²) in [5.74, 6) is -0.496. The van der Waals surface area contributed by atoms with E-state index in [2.05, 4.69) is 0 Å². The lowest BCUT2D eigenvalue weighted by molar-refractivity contribution is -0.185. The van der Waals surface area contributed by atoms with Crippen LogP contribution < -0.4 is 9.47 Å². The van der Waals surface area contributed by atoms with E-state index in [-0.39, 0.29) is 17.1 Å². The van der Waals surface area contributed by atoms with E-state index < -0.39 is 11.9 Å². The minimum absolute atomic E-state index is 0.0373. The number of methoxy groups -OCH3 is 1. The summed E-state index contributed by atoms with van der Waals surface area (Å²) in [6.45, 7) is 2.03. The third-order valence-electron chi connectivity index (χ3n) is 4.16. The van der Waals surface area contributed by atoms with Gasteiger partial charge in [0.1, 0.15) is 5.75 Å². The lowest BCUT2D eigenvalue weighted by Crippen LogP contribution is -2.21. The molecule has 0 saturated heterocycles. The zero-order valence-corrected chi connectivity index (χ0v) is 14.6. The third kappa shape index (κ3) is 3.77. The Labute approximate surface area is 150 Å². The maximum atomic E-state index is 14.4. The quantitative estimate of drug-likeness (QED) is 0.531. The van der Waals surface area contributed by atoms with Gasteiger partial charge < -0.3 is 9.47 Å². The van der Waals surface area contributed by atoms with Crippen LogP contribution in [0.2, 0.25) is 0 Å². The Hall–Kier alpha value is -2.69. The highest BCUT2D eigenvalue weighted by Gasteiger charge is 2.34. The zero-order valence-electron chi connectivity index (χ0n) is 14.6. The van der Waals surface area contributed by atoms with Crippen LogP contribution in [0.25, 0.3) is 10.8 Å². The molecule has 0 saturated carbocycles. The molecule has 0 N–H and O–H groups in total. The van der Waals surface area contributed by atoms with Gasteiger partial charge in [0.2, 0.25) is 0 Å². The van der Waals surface area contributed by atoms with Crippen molar-refractivity contribution in [2.24, 2.45) is 0 Å². The number of rotatable bonds is 6. The molecule has 0 aliphatic carbocycles. The van der Waals surface area contributed by atoms with Crippen molar-refractivity contribution in [1.82, 2.24) is 0 Å². The van der Waals surface area contributed by atoms with Crippen LogP contribution in [0.4, 0.5) is 13.2 Å². The van der Waals surface area contributed by atoms with Crippen molar-refractivity contribution in [3.05, 3.63) is 71.5 Å². The topological polar surface area (TPSA) is 18.5 Å². The summed E-state index contributed by atoms with van der Waals surface area (Å²) in [4.78, 5) is 0. The Morgan fingerprint density at radius 3 is 2.31 bits per heavy atom. The predicted octanol–water partition coefficient (Wildman–Crippen LogP) is 6.07. The van der Waals surface area contributed by atoms with Crippen molar-refractivity contribution in [3.63, 3.8) is 0 Å². The maximum absolute atomic E-state index is 14.4. The zero-order chi connectivity index (χ0) is 18.7. The highest BCUT2D eigenvalue weighted by atomic mass is 19.3. The van der Waals surface area contributed by atoms with Crippen molar-refractivity contribution in [2.75, 3.05) is 7.11 Å². The van der Waals surface area contributed by atoms with Gasteiger partial charge >= 0.3 is 6.11 Å². The average molecular weight is 360 g/mol. The first-order chi connectivity index (χ1) is 12.4. The minimum atomic E-state index is -3.48. The van der Waals surface area contributed by atoms with Gasteiger partial charge in [0.25, 0.3) is 0 Å². The molecule has 26 heavy (non-hydrogen) atoms. The standard InChI is InChI=1S/C21H19F3O2/c1-3-4-14-5-8-17(9-6-14)21(23,24)26-18-10-7-15-13-20(25-2)19(22)12-16(15)11-18/h5-13H,3-4H2,1-2H3. The van der Waals surface area contributed by atoms with Crippen LogP contribution in [0.3, 0.4) is 0 Å². The molecular weight excluding hydrogens is 341 g/mol. The summed E-state index contributed by atoms with van der Waals surface area (Å²) in [7, 11) is 1.37. The van der Waals surface area contributed by atoms with Crippen molar-refractivity contribution in [2.45, 2.75) is 25.9 Å². The van der Waals surface area contributed by atoms with Crippen LogP contribution in [-0.2, 0) is 12.5 Å². The lowest BCUT2D eigenvalue weighted by atomic mass is 10.1. The fraction of sp³-hybridized carbons (Fsp3) is 0.238. The number of fused-ring (bicyclic) bond motifs is 1. The molecule has 3 aromatic carbocycles. The molecule has 0 spiro atoms. The molecule has 0 aliphatic heterocycles. The molecule has 3 aromatic rings. The van der Waals surface area contributed by atoms with E-state index in [1.165, 1.54) is 43.5 Å². The summed E-state index contributed by atoms with van der Waals surface area (Å²) >= 11 is 0. The van der Waals surface area contributed by atoms with Crippen molar-refractivity contribution in [3.8, 4) is 11.5 Å². The van der Waals surface area contributed by atoms with E-state index in [1.54, 1.807) is 18.2 Å². The van der Waals surface area contributed by atoms with Gasteiger partial charge in [0.15, 0.2) is 11.6 Å². The van der Waals surface area contributed by atoms with Gasteiger partial charge in [0, 0.05) is 0 Å². The molecule has 0 aliphatic rings. The van der Waals surface area contributed by atoms with E-state index in [9.17, 15) is 13.2 Å². The normalized spacial score (nSPS) is 11.6. The molecule has 0 heterocycles. The summed E-state index contributed by atoms with van der Waals surface area (Å²) in [6.07, 6.45) is -1.69. The van der Waals surface area contributed by atoms with Crippen molar-refractivity contribution >= 4 is 10.8 Å². The van der Waals surface area contributed by atoms with E-state index in [0.717, 1.165) is 18.4 Å². The van der Waals surface area contributed by atoms with Gasteiger partial charge in [0.05, 0.1) is 12.7 Å². The molecule has 0 amide bonds. The Balaban J connectivity index is 1.86. The van der Waals surface area contributed by atoms with E-state index >= 15 is 0 Å². The summed E-state index contributed by atoms with van der Waals surface area (Å²) in [6, 6.07) is 13.3. The Morgan fingerprint density at radius 2 is 1.65 bits per heavy atom. The van der Waals surface area contributed by atoms with Gasteiger partial charge in [-0.2, -0.15) is 8.78 Å². The molecule has 0 aromatic heterocycles. The Kier molecular flexibility index (Phi) is 5.07. The van der Waals surface area contributed by atoms with Gasteiger partial charge in [-0.05, 0) is 59.2 Å². The fourth-order valence-electron chi connectivity index (χ4n) is 2.81. The van der Waals surface area contributed by atoms with Gasteiger partial charge in [-0.15, -0.1) is 0 Å². The third-order valence-corrected chi connectivity index (χ3v) is 4.16. The second-order valence-electron chi connectivity index (χ2n) is 6.06. The Morgan fingerprint density at radius 1 is 0.923 bits per heavy atom. The molecule has 0 unspecified atom stereocenters. The molecule has 136 valence electrons. The number of ether oxygens (including phenoxy) is 2. The van der Waals surface area contributed by atoms with Crippen LogP contribution in [0, 0.1) is 5.82 Å². The highest BCUT2D eigenvalue weighted by molar-refractivity contribution is 5.85. The first kappa shape index (κ1) is 18.1. The van der Waals surface area contributed by atoms with E-state index in [4.69, 9.17) is 9.47 Å². The van der Waals surface area contributed by atoms with Crippen LogP contribution in [-0.4, -0.2) is 7.11 Å². The van der Waals surface area contributed by atoms with Gasteiger partial charge in [-0.3, -0.25) is 0 Å². The van der Waals surface area contributed by atoms with Gasteiger partial charge in [-0.1, -0.05) is 31.5 Å². The van der Waals surface area contributed by atoms with E-state index in [0.29, 0.717) is 10.8 Å². The van der Waals surface area contributed by atoms with Crippen LogP contribution in [0.15, 0.2) is 54.6 Å². The number of hydrogen-bond donors (Lipinski definition) is 0. The lowest BCUT2D eigenvalue weighted by Gasteiger charge is -2.19. The number of halogens is 3. The predicted molar refractivity (Wildman–Crippen MR) is 95.4 cm³/mol. The summed E-state index contributed by atoms with van der Waals surface area (Å²) in [5, 5.41) is 1.12. The number of benzene rings is 3. The van der Waals surface area contributed by atoms with Crippen LogP contribution in [0.1, 0.15) is 24.5 Å². The fourth-order valence-corrected chi connectivity index (χ4v) is 2.81. The monoisotopic (exact) mass is 360 g/mol. The molecule has 2 nitrogen and oxygen atoms in total.